The van der Waals surface area contributed by atoms with Crippen LogP contribution in [0.4, 0.5) is 5.00 Å². The summed E-state index contributed by atoms with van der Waals surface area (Å²) in [5, 5.41) is 14.5. The molecule has 12 nitrogen and oxygen atoms in total. The monoisotopic (exact) mass is 473 g/mol. The van der Waals surface area contributed by atoms with Crippen LogP contribution in [0.5, 0.6) is 0 Å². The van der Waals surface area contributed by atoms with E-state index in [0.29, 0.717) is 5.82 Å². The molecule has 1 N–H and O–H groups in total. The Labute approximate surface area is 191 Å². The molecule has 0 aliphatic rings. The van der Waals surface area contributed by atoms with Crippen molar-refractivity contribution in [1.29, 1.82) is 0 Å². The minimum Gasteiger partial charge on any atom is -0.469 e. The zero-order chi connectivity index (χ0) is 24.0. The molecule has 2 aromatic heterocycles. The molecule has 1 aromatic carbocycles. The Morgan fingerprint density at radius 1 is 1.00 bits per heavy atom. The number of aromatic nitrogens is 4. The van der Waals surface area contributed by atoms with Crippen LogP contribution >= 0.6 is 11.3 Å². The molecular formula is C20H19N5O7S. The van der Waals surface area contributed by atoms with E-state index in [2.05, 4.69) is 25.5 Å². The highest BCUT2D eigenvalue weighted by Gasteiger charge is 2.30. The highest BCUT2D eigenvalue weighted by atomic mass is 32.1. The normalized spacial score (nSPS) is 10.4. The Bertz CT molecular complexity index is 1190. The highest BCUT2D eigenvalue weighted by molar-refractivity contribution is 7.18. The molecule has 0 aliphatic heterocycles. The van der Waals surface area contributed by atoms with Gasteiger partial charge in [-0.25, -0.2) is 9.59 Å². The van der Waals surface area contributed by atoms with Crippen LogP contribution in [0.3, 0.4) is 0 Å². The zero-order valence-electron chi connectivity index (χ0n) is 17.9. The van der Waals surface area contributed by atoms with Gasteiger partial charge in [0.25, 0.3) is 0 Å². The second-order valence-corrected chi connectivity index (χ2v) is 7.43. The summed E-state index contributed by atoms with van der Waals surface area (Å²) in [6.45, 7) is -0.321. The number of anilines is 1. The number of hydrogen-bond donors (Lipinski definition) is 1. The smallest absolute Gasteiger partial charge is 0.348 e. The van der Waals surface area contributed by atoms with Gasteiger partial charge in [-0.15, -0.1) is 21.5 Å². The van der Waals surface area contributed by atoms with Gasteiger partial charge in [0, 0.05) is 11.1 Å². The Kier molecular flexibility index (Phi) is 7.46. The van der Waals surface area contributed by atoms with Crippen LogP contribution in [0.15, 0.2) is 30.3 Å². The van der Waals surface area contributed by atoms with Gasteiger partial charge in [0.05, 0.1) is 33.3 Å². The van der Waals surface area contributed by atoms with Crippen molar-refractivity contribution < 1.29 is 33.4 Å². The van der Waals surface area contributed by atoms with E-state index in [1.165, 1.54) is 7.11 Å². The van der Waals surface area contributed by atoms with Crippen LogP contribution in [-0.4, -0.2) is 65.4 Å². The fraction of sp³-hybridized carbons (Fsp3) is 0.250. The molecule has 2 heterocycles. The van der Waals surface area contributed by atoms with Gasteiger partial charge in [-0.05, 0) is 5.21 Å². The van der Waals surface area contributed by atoms with Gasteiger partial charge in [-0.3, -0.25) is 9.59 Å². The number of nitrogens with zero attached hydrogens (tertiary/aromatic N) is 4. The predicted octanol–water partition coefficient (Wildman–Crippen LogP) is 1.33. The van der Waals surface area contributed by atoms with Gasteiger partial charge in [0.1, 0.15) is 16.4 Å². The predicted molar refractivity (Wildman–Crippen MR) is 115 cm³/mol. The van der Waals surface area contributed by atoms with Crippen LogP contribution in [-0.2, 0) is 36.8 Å². The second kappa shape index (κ2) is 10.5. The first kappa shape index (κ1) is 23.5. The molecule has 1 amide bonds. The molecule has 0 radical (unpaired) electrons. The maximum Gasteiger partial charge on any atom is 0.348 e. The summed E-state index contributed by atoms with van der Waals surface area (Å²) in [5.74, 6) is -2.58. The third kappa shape index (κ3) is 5.38. The van der Waals surface area contributed by atoms with Gasteiger partial charge in [0.15, 0.2) is 0 Å². The number of hydrogen-bond acceptors (Lipinski definition) is 11. The number of tetrazole rings is 1. The molecular weight excluding hydrogens is 454 g/mol. The molecule has 0 unspecified atom stereocenters. The van der Waals surface area contributed by atoms with Gasteiger partial charge in [0.2, 0.25) is 11.7 Å². The summed E-state index contributed by atoms with van der Waals surface area (Å²) in [6.07, 6.45) is -0.400. The average molecular weight is 473 g/mol. The second-order valence-electron chi connectivity index (χ2n) is 6.41. The molecule has 33 heavy (non-hydrogen) atoms. The number of rotatable bonds is 8. The number of carbonyl (C=O) groups excluding carboxylic acids is 4. The van der Waals surface area contributed by atoms with E-state index in [-0.39, 0.29) is 27.5 Å². The summed E-state index contributed by atoms with van der Waals surface area (Å²) in [6, 6.07) is 9.08. The van der Waals surface area contributed by atoms with E-state index >= 15 is 0 Å². The van der Waals surface area contributed by atoms with Crippen molar-refractivity contribution in [3.63, 3.8) is 0 Å². The SMILES string of the molecule is COC(=O)Cc1c(C(=O)OC)sc(NC(=O)Cn2nnc(-c3ccccc3)n2)c1C(=O)OC. The van der Waals surface area contributed by atoms with Gasteiger partial charge in [-0.1, -0.05) is 30.3 Å². The standard InChI is InChI=1S/C20H19N5O7S/c1-30-14(27)9-12-15(19(28)31-2)18(33-16(12)20(29)32-3)21-13(26)10-25-23-17(22-24-25)11-7-5-4-6-8-11/h4-8H,9-10H2,1-3H3,(H,21,26). The molecule has 3 aromatic rings. The first-order valence-electron chi connectivity index (χ1n) is 9.40. The van der Waals surface area contributed by atoms with Gasteiger partial charge in [-0.2, -0.15) is 4.80 Å². The molecule has 0 bridgehead atoms. The number of carbonyl (C=O) groups is 4. The molecule has 0 aliphatic carbocycles. The van der Waals surface area contributed by atoms with Crippen molar-refractivity contribution in [2.75, 3.05) is 26.6 Å². The summed E-state index contributed by atoms with van der Waals surface area (Å²) in [4.78, 5) is 50.2. The van der Waals surface area contributed by atoms with Gasteiger partial charge < -0.3 is 19.5 Å². The molecule has 0 spiro atoms. The van der Waals surface area contributed by atoms with E-state index in [0.717, 1.165) is 35.9 Å². The van der Waals surface area contributed by atoms with E-state index in [9.17, 15) is 19.2 Å². The highest BCUT2D eigenvalue weighted by Crippen LogP contribution is 2.35. The van der Waals surface area contributed by atoms with Crippen LogP contribution in [0.25, 0.3) is 11.4 Å². The number of amides is 1. The van der Waals surface area contributed by atoms with E-state index in [1.807, 2.05) is 18.2 Å². The van der Waals surface area contributed by atoms with Crippen molar-refractivity contribution in [2.24, 2.45) is 0 Å². The lowest BCUT2D eigenvalue weighted by atomic mass is 10.1. The zero-order valence-corrected chi connectivity index (χ0v) is 18.7. The largest absolute Gasteiger partial charge is 0.469 e. The van der Waals surface area contributed by atoms with Crippen LogP contribution in [0.2, 0.25) is 0 Å². The Hall–Kier alpha value is -4.13. The first-order chi connectivity index (χ1) is 15.9. The fourth-order valence-electron chi connectivity index (χ4n) is 2.82. The van der Waals surface area contributed by atoms with E-state index in [4.69, 9.17) is 9.47 Å². The lowest BCUT2D eigenvalue weighted by Gasteiger charge is -2.07. The lowest BCUT2D eigenvalue weighted by Crippen LogP contribution is -2.21. The molecule has 13 heteroatoms. The number of methoxy groups -OCH3 is 3. The minimum absolute atomic E-state index is 0.00884. The maximum absolute atomic E-state index is 12.6. The average Bonchev–Trinajstić information content (AvgIpc) is 3.43. The third-order valence-corrected chi connectivity index (χ3v) is 5.47. The van der Waals surface area contributed by atoms with Crippen LogP contribution in [0, 0.1) is 0 Å². The quantitative estimate of drug-likeness (QED) is 0.375. The molecule has 0 saturated heterocycles. The first-order valence-corrected chi connectivity index (χ1v) is 10.2. The van der Waals surface area contributed by atoms with Crippen molar-refractivity contribution in [1.82, 2.24) is 20.2 Å². The minimum atomic E-state index is -0.846. The summed E-state index contributed by atoms with van der Waals surface area (Å²) >= 11 is 0.775. The summed E-state index contributed by atoms with van der Waals surface area (Å²) < 4.78 is 14.2. The van der Waals surface area contributed by atoms with Crippen molar-refractivity contribution in [3.05, 3.63) is 46.3 Å². The third-order valence-electron chi connectivity index (χ3n) is 4.34. The molecule has 0 atom stereocenters. The van der Waals surface area contributed by atoms with E-state index < -0.39 is 30.2 Å². The Balaban J connectivity index is 1.88. The number of benzene rings is 1. The number of nitrogens with one attached hydrogen (secondary N) is 1. The van der Waals surface area contributed by atoms with Crippen LogP contribution in [0.1, 0.15) is 25.6 Å². The van der Waals surface area contributed by atoms with E-state index in [1.54, 1.807) is 12.1 Å². The number of ether oxygens (including phenoxy) is 3. The topological polar surface area (TPSA) is 152 Å². The summed E-state index contributed by atoms with van der Waals surface area (Å²) in [7, 11) is 3.46. The van der Waals surface area contributed by atoms with Crippen molar-refractivity contribution >= 4 is 40.2 Å². The fourth-order valence-corrected chi connectivity index (χ4v) is 3.96. The van der Waals surface area contributed by atoms with Crippen LogP contribution < -0.4 is 5.32 Å². The number of esters is 3. The van der Waals surface area contributed by atoms with Gasteiger partial charge >= 0.3 is 17.9 Å². The molecule has 172 valence electrons. The lowest BCUT2D eigenvalue weighted by molar-refractivity contribution is -0.139. The molecule has 0 saturated carbocycles. The van der Waals surface area contributed by atoms with Crippen molar-refractivity contribution in [2.45, 2.75) is 13.0 Å². The Morgan fingerprint density at radius 2 is 1.70 bits per heavy atom. The maximum atomic E-state index is 12.6. The Morgan fingerprint density at radius 3 is 2.33 bits per heavy atom. The summed E-state index contributed by atoms with van der Waals surface area (Å²) in [5.41, 5.74) is 0.620. The number of thiophene rings is 1. The van der Waals surface area contributed by atoms with Crippen molar-refractivity contribution in [3.8, 4) is 11.4 Å². The molecule has 3 rings (SSSR count). The molecule has 0 fully saturated rings.